The molecule has 0 amide bonds. The van der Waals surface area contributed by atoms with Gasteiger partial charge in [-0.15, -0.1) is 0 Å². The zero-order valence-electron chi connectivity index (χ0n) is 17.8. The highest BCUT2D eigenvalue weighted by atomic mass is 79.9. The highest BCUT2D eigenvalue weighted by molar-refractivity contribution is 9.10. The van der Waals surface area contributed by atoms with E-state index < -0.39 is 11.9 Å². The summed E-state index contributed by atoms with van der Waals surface area (Å²) in [7, 11) is 0. The summed E-state index contributed by atoms with van der Waals surface area (Å²) in [6.07, 6.45) is 0. The molecule has 0 saturated carbocycles. The van der Waals surface area contributed by atoms with Gasteiger partial charge in [0.05, 0.1) is 28.4 Å². The third kappa shape index (κ3) is 3.45. The fourth-order valence-corrected chi connectivity index (χ4v) is 4.54. The van der Waals surface area contributed by atoms with Gasteiger partial charge in [0.1, 0.15) is 23.2 Å². The zero-order chi connectivity index (χ0) is 24.0. The van der Waals surface area contributed by atoms with Crippen LogP contribution in [0.25, 0.3) is 17.0 Å². The fourth-order valence-electron chi connectivity index (χ4n) is 4.06. The molecule has 0 aliphatic carbocycles. The zero-order valence-corrected chi connectivity index (χ0v) is 19.4. The number of aromatic nitrogens is 2. The van der Waals surface area contributed by atoms with Crippen molar-refractivity contribution in [3.05, 3.63) is 99.2 Å². The van der Waals surface area contributed by atoms with E-state index in [1.54, 1.807) is 25.1 Å². The molecular weight excluding hydrogens is 500 g/mol. The number of hydrogen-bond acceptors (Lipinski definition) is 6. The minimum absolute atomic E-state index is 0.0608. The number of nitriles is 1. The van der Waals surface area contributed by atoms with Crippen molar-refractivity contribution in [3.63, 3.8) is 0 Å². The molecule has 1 aliphatic rings. The smallest absolute Gasteiger partial charge is 0.335 e. The Labute approximate surface area is 202 Å². The molecule has 1 atom stereocenters. The van der Waals surface area contributed by atoms with Gasteiger partial charge >= 0.3 is 5.97 Å². The molecule has 8 nitrogen and oxygen atoms in total. The summed E-state index contributed by atoms with van der Waals surface area (Å²) >= 11 is 3.54. The number of furan rings is 1. The first-order valence-corrected chi connectivity index (χ1v) is 11.0. The predicted molar refractivity (Wildman–Crippen MR) is 126 cm³/mol. The quantitative estimate of drug-likeness (QED) is 0.385. The number of carbonyl (C=O) groups is 1. The molecule has 5 rings (SSSR count). The minimum Gasteiger partial charge on any atom is -0.478 e. The van der Waals surface area contributed by atoms with Crippen molar-refractivity contribution in [2.45, 2.75) is 12.8 Å². The molecule has 2 aromatic heterocycles. The van der Waals surface area contributed by atoms with Gasteiger partial charge in [-0.3, -0.25) is 0 Å². The molecule has 1 unspecified atom stereocenters. The predicted octanol–water partition coefficient (Wildman–Crippen LogP) is 5.12. The van der Waals surface area contributed by atoms with Crippen LogP contribution < -0.4 is 10.5 Å². The number of allylic oxidation sites excluding steroid dienone is 1. The van der Waals surface area contributed by atoms with Crippen LogP contribution in [0.1, 0.15) is 33.3 Å². The van der Waals surface area contributed by atoms with Crippen LogP contribution in [-0.2, 0) is 0 Å². The van der Waals surface area contributed by atoms with Crippen LogP contribution in [0.15, 0.2) is 81.0 Å². The molecule has 4 aromatic rings. The maximum Gasteiger partial charge on any atom is 0.335 e. The summed E-state index contributed by atoms with van der Waals surface area (Å²) in [6, 6.07) is 19.8. The van der Waals surface area contributed by atoms with Crippen LogP contribution in [0.4, 0.5) is 0 Å². The normalized spacial score (nSPS) is 14.9. The van der Waals surface area contributed by atoms with Crippen molar-refractivity contribution in [1.82, 2.24) is 9.78 Å². The van der Waals surface area contributed by atoms with Crippen molar-refractivity contribution < 1.29 is 19.1 Å². The maximum absolute atomic E-state index is 11.5. The summed E-state index contributed by atoms with van der Waals surface area (Å²) in [5.41, 5.74) is 9.06. The first-order valence-electron chi connectivity index (χ1n) is 10.2. The van der Waals surface area contributed by atoms with Crippen molar-refractivity contribution in [1.29, 1.82) is 5.26 Å². The number of hydrogen-bond donors (Lipinski definition) is 2. The van der Waals surface area contributed by atoms with Crippen molar-refractivity contribution >= 4 is 21.9 Å². The number of carboxylic acids is 1. The molecule has 9 heteroatoms. The monoisotopic (exact) mass is 516 g/mol. The lowest BCUT2D eigenvalue weighted by molar-refractivity contribution is 0.0697. The van der Waals surface area contributed by atoms with Gasteiger partial charge in [0, 0.05) is 10.0 Å². The molecule has 34 heavy (non-hydrogen) atoms. The number of nitrogens with two attached hydrogens (primary N) is 1. The van der Waals surface area contributed by atoms with E-state index in [1.165, 1.54) is 16.8 Å². The largest absolute Gasteiger partial charge is 0.478 e. The van der Waals surface area contributed by atoms with E-state index in [4.69, 9.17) is 14.9 Å². The lowest BCUT2D eigenvalue weighted by Crippen LogP contribution is -2.21. The average molecular weight is 517 g/mol. The topological polar surface area (TPSA) is 127 Å². The summed E-state index contributed by atoms with van der Waals surface area (Å²) in [5, 5.41) is 23.8. The Morgan fingerprint density at radius 3 is 2.74 bits per heavy atom. The van der Waals surface area contributed by atoms with Gasteiger partial charge in [-0.1, -0.05) is 40.2 Å². The number of rotatable bonds is 4. The SMILES string of the molecule is Cc1nn(-c2cccc(C(=O)O)c2)c2c1C(c1ccc(-c3ccccc3Br)o1)C(C#N)=C(N)O2. The van der Waals surface area contributed by atoms with E-state index in [2.05, 4.69) is 27.1 Å². The molecule has 3 heterocycles. The van der Waals surface area contributed by atoms with Gasteiger partial charge in [-0.05, 0) is 43.3 Å². The van der Waals surface area contributed by atoms with Gasteiger partial charge in [-0.25, -0.2) is 9.48 Å². The van der Waals surface area contributed by atoms with Crippen molar-refractivity contribution in [3.8, 4) is 29.0 Å². The van der Waals surface area contributed by atoms with Crippen LogP contribution >= 0.6 is 15.9 Å². The molecule has 1 aliphatic heterocycles. The third-order valence-corrected chi connectivity index (χ3v) is 6.31. The Hall–Kier alpha value is -4.29. The average Bonchev–Trinajstić information content (AvgIpc) is 3.43. The number of carboxylic acid groups (broad SMARTS) is 1. The van der Waals surface area contributed by atoms with E-state index in [1.807, 2.05) is 30.3 Å². The van der Waals surface area contributed by atoms with E-state index in [-0.39, 0.29) is 17.0 Å². The van der Waals surface area contributed by atoms with Crippen LogP contribution in [0, 0.1) is 18.3 Å². The van der Waals surface area contributed by atoms with E-state index in [9.17, 15) is 15.2 Å². The minimum atomic E-state index is -1.06. The Morgan fingerprint density at radius 2 is 2.00 bits per heavy atom. The number of halogens is 1. The number of nitrogens with zero attached hydrogens (tertiary/aromatic N) is 3. The number of aromatic carboxylic acids is 1. The van der Waals surface area contributed by atoms with E-state index in [0.29, 0.717) is 34.3 Å². The Morgan fingerprint density at radius 1 is 1.21 bits per heavy atom. The van der Waals surface area contributed by atoms with Gasteiger partial charge in [0.15, 0.2) is 0 Å². The van der Waals surface area contributed by atoms with E-state index >= 15 is 0 Å². The molecule has 0 radical (unpaired) electrons. The van der Waals surface area contributed by atoms with Gasteiger partial charge in [-0.2, -0.15) is 10.4 Å². The first-order chi connectivity index (χ1) is 16.4. The highest BCUT2D eigenvalue weighted by Gasteiger charge is 2.38. The van der Waals surface area contributed by atoms with Gasteiger partial charge < -0.3 is 20.0 Å². The molecular formula is C25H17BrN4O4. The second kappa shape index (κ2) is 8.24. The summed E-state index contributed by atoms with van der Waals surface area (Å²) in [6.45, 7) is 1.79. The van der Waals surface area contributed by atoms with Gasteiger partial charge in [0.25, 0.3) is 0 Å². The number of ether oxygens (including phenoxy) is 1. The van der Waals surface area contributed by atoms with Crippen LogP contribution in [0.5, 0.6) is 5.88 Å². The van der Waals surface area contributed by atoms with Crippen molar-refractivity contribution in [2.75, 3.05) is 0 Å². The number of fused-ring (bicyclic) bond motifs is 1. The molecule has 0 fully saturated rings. The molecule has 0 spiro atoms. The fraction of sp³-hybridized carbons (Fsp3) is 0.0800. The molecule has 2 aromatic carbocycles. The standard InChI is InChI=1S/C25H17BrN4O4/c1-13-21-22(20-10-9-19(33-20)16-7-2-3-8-18(16)26)17(12-27)23(28)34-24(21)30(29-13)15-6-4-5-14(11-15)25(31)32/h2-11,22H,28H2,1H3,(H,31,32). The number of benzene rings is 2. The maximum atomic E-state index is 11.5. The lowest BCUT2D eigenvalue weighted by Gasteiger charge is -2.23. The molecule has 0 saturated heterocycles. The number of aryl methyl sites for hydroxylation is 1. The Bertz CT molecular complexity index is 1530. The second-order valence-electron chi connectivity index (χ2n) is 7.68. The third-order valence-electron chi connectivity index (χ3n) is 5.62. The molecule has 3 N–H and O–H groups in total. The van der Waals surface area contributed by atoms with Crippen LogP contribution in [0.2, 0.25) is 0 Å². The van der Waals surface area contributed by atoms with Crippen LogP contribution in [-0.4, -0.2) is 20.9 Å². The Balaban J connectivity index is 1.67. The van der Waals surface area contributed by atoms with E-state index in [0.717, 1.165) is 10.0 Å². The Kier molecular flexibility index (Phi) is 5.23. The second-order valence-corrected chi connectivity index (χ2v) is 8.53. The molecule has 168 valence electrons. The lowest BCUT2D eigenvalue weighted by atomic mass is 9.88. The van der Waals surface area contributed by atoms with Gasteiger partial charge in [0.2, 0.25) is 11.8 Å². The summed E-state index contributed by atoms with van der Waals surface area (Å²) in [5.74, 6) is -0.307. The van der Waals surface area contributed by atoms with Crippen LogP contribution in [0.3, 0.4) is 0 Å². The first kappa shape index (κ1) is 21.6. The molecule has 0 bridgehead atoms. The summed E-state index contributed by atoms with van der Waals surface area (Å²) < 4.78 is 14.4. The summed E-state index contributed by atoms with van der Waals surface area (Å²) in [4.78, 5) is 11.5. The van der Waals surface area contributed by atoms with Crippen molar-refractivity contribution in [2.24, 2.45) is 5.73 Å². The highest BCUT2D eigenvalue weighted by Crippen LogP contribution is 2.46.